The Morgan fingerprint density at radius 2 is 1.92 bits per heavy atom. The lowest BCUT2D eigenvalue weighted by atomic mass is 10.2. The molecule has 0 bridgehead atoms. The van der Waals surface area contributed by atoms with Gasteiger partial charge in [0.2, 0.25) is 17.7 Å². The zero-order chi connectivity index (χ0) is 16.4. The molecule has 3 aromatic rings. The third kappa shape index (κ3) is 3.09. The van der Waals surface area contributed by atoms with E-state index in [4.69, 9.17) is 16.1 Å². The van der Waals surface area contributed by atoms with E-state index >= 15 is 0 Å². The van der Waals surface area contributed by atoms with E-state index in [1.165, 1.54) is 12.8 Å². The minimum atomic E-state index is 0.554. The lowest BCUT2D eigenvalue weighted by Gasteiger charge is -2.15. The predicted molar refractivity (Wildman–Crippen MR) is 87.7 cm³/mol. The summed E-state index contributed by atoms with van der Waals surface area (Å²) in [5, 5.41) is 16.7. The minimum Gasteiger partial charge on any atom is -0.340 e. The van der Waals surface area contributed by atoms with Crippen molar-refractivity contribution in [3.8, 4) is 11.4 Å². The monoisotopic (exact) mass is 345 g/mol. The van der Waals surface area contributed by atoms with Gasteiger partial charge in [-0.1, -0.05) is 21.9 Å². The first-order valence-electron chi connectivity index (χ1n) is 7.89. The Hall–Kier alpha value is -2.48. The molecule has 0 radical (unpaired) electrons. The molecule has 24 heavy (non-hydrogen) atoms. The highest BCUT2D eigenvalue weighted by Crippen LogP contribution is 2.20. The molecule has 0 amide bonds. The van der Waals surface area contributed by atoms with Gasteiger partial charge >= 0.3 is 0 Å². The maximum atomic E-state index is 5.89. The number of aryl methyl sites for hydroxylation is 2. The first-order chi connectivity index (χ1) is 11.8. The van der Waals surface area contributed by atoms with Crippen molar-refractivity contribution < 1.29 is 4.52 Å². The SMILES string of the molecule is Clc1ccc(-c2noc(CCn3nnnc3N3CCCC3)n2)cc1. The van der Waals surface area contributed by atoms with E-state index in [9.17, 15) is 0 Å². The van der Waals surface area contributed by atoms with Crippen molar-refractivity contribution in [2.75, 3.05) is 18.0 Å². The van der Waals surface area contributed by atoms with Crippen LogP contribution in [0.3, 0.4) is 0 Å². The van der Waals surface area contributed by atoms with E-state index in [2.05, 4.69) is 30.6 Å². The van der Waals surface area contributed by atoms with E-state index in [0.29, 0.717) is 29.7 Å². The van der Waals surface area contributed by atoms with Gasteiger partial charge in [-0.05, 0) is 47.5 Å². The Bertz CT molecular complexity index is 807. The molecule has 0 aliphatic carbocycles. The van der Waals surface area contributed by atoms with Crippen molar-refractivity contribution >= 4 is 17.5 Å². The molecule has 124 valence electrons. The lowest BCUT2D eigenvalue weighted by Crippen LogP contribution is -2.23. The second kappa shape index (κ2) is 6.56. The molecule has 2 aromatic heterocycles. The summed E-state index contributed by atoms with van der Waals surface area (Å²) in [5.41, 5.74) is 0.870. The topological polar surface area (TPSA) is 85.8 Å². The fourth-order valence-corrected chi connectivity index (χ4v) is 2.89. The van der Waals surface area contributed by atoms with Crippen molar-refractivity contribution in [3.63, 3.8) is 0 Å². The molecule has 0 saturated carbocycles. The van der Waals surface area contributed by atoms with Gasteiger partial charge in [-0.15, -0.1) is 0 Å². The number of hydrogen-bond acceptors (Lipinski definition) is 7. The van der Waals surface area contributed by atoms with Crippen molar-refractivity contribution in [1.29, 1.82) is 0 Å². The summed E-state index contributed by atoms with van der Waals surface area (Å²) < 4.78 is 7.11. The average Bonchev–Trinajstić information content (AvgIpc) is 3.34. The fraction of sp³-hybridized carbons (Fsp3) is 0.400. The highest BCUT2D eigenvalue weighted by molar-refractivity contribution is 6.30. The zero-order valence-electron chi connectivity index (χ0n) is 13.0. The van der Waals surface area contributed by atoms with Crippen LogP contribution in [-0.4, -0.2) is 43.4 Å². The van der Waals surface area contributed by atoms with Gasteiger partial charge in [0.15, 0.2) is 0 Å². The highest BCUT2D eigenvalue weighted by Gasteiger charge is 2.19. The maximum absolute atomic E-state index is 5.89. The molecule has 0 N–H and O–H groups in total. The van der Waals surface area contributed by atoms with Gasteiger partial charge in [-0.3, -0.25) is 0 Å². The van der Waals surface area contributed by atoms with Gasteiger partial charge < -0.3 is 9.42 Å². The molecule has 0 unspecified atom stereocenters. The standard InChI is InChI=1S/C15H16ClN7O/c16-12-5-3-11(4-6-12)14-17-13(24-19-14)7-10-23-15(18-20-21-23)22-8-1-2-9-22/h3-6H,1-2,7-10H2. The van der Waals surface area contributed by atoms with Crippen molar-refractivity contribution in [2.45, 2.75) is 25.8 Å². The average molecular weight is 346 g/mol. The fourth-order valence-electron chi connectivity index (χ4n) is 2.76. The van der Waals surface area contributed by atoms with Crippen molar-refractivity contribution in [3.05, 3.63) is 35.2 Å². The molecule has 0 spiro atoms. The summed E-state index contributed by atoms with van der Waals surface area (Å²) in [6, 6.07) is 7.33. The van der Waals surface area contributed by atoms with Gasteiger partial charge in [-0.25, -0.2) is 4.68 Å². The largest absolute Gasteiger partial charge is 0.340 e. The van der Waals surface area contributed by atoms with Gasteiger partial charge in [0.25, 0.3) is 0 Å². The Kier molecular flexibility index (Phi) is 4.12. The van der Waals surface area contributed by atoms with Crippen LogP contribution in [0.5, 0.6) is 0 Å². The van der Waals surface area contributed by atoms with Crippen LogP contribution >= 0.6 is 11.6 Å². The maximum Gasteiger partial charge on any atom is 0.245 e. The number of tetrazole rings is 1. The highest BCUT2D eigenvalue weighted by atomic mass is 35.5. The second-order valence-electron chi connectivity index (χ2n) is 5.66. The van der Waals surface area contributed by atoms with Crippen LogP contribution in [0.4, 0.5) is 5.95 Å². The Morgan fingerprint density at radius 1 is 1.12 bits per heavy atom. The van der Waals surface area contributed by atoms with Crippen LogP contribution in [-0.2, 0) is 13.0 Å². The van der Waals surface area contributed by atoms with E-state index < -0.39 is 0 Å². The van der Waals surface area contributed by atoms with Crippen molar-refractivity contribution in [1.82, 2.24) is 30.3 Å². The number of anilines is 1. The molecule has 1 saturated heterocycles. The summed E-state index contributed by atoms with van der Waals surface area (Å²) in [6.45, 7) is 2.60. The van der Waals surface area contributed by atoms with Crippen molar-refractivity contribution in [2.24, 2.45) is 0 Å². The van der Waals surface area contributed by atoms with Crippen LogP contribution in [0.1, 0.15) is 18.7 Å². The quantitative estimate of drug-likeness (QED) is 0.700. The lowest BCUT2D eigenvalue weighted by molar-refractivity contribution is 0.368. The Labute approximate surface area is 143 Å². The molecular weight excluding hydrogens is 330 g/mol. The van der Waals surface area contributed by atoms with Crippen LogP contribution in [0.25, 0.3) is 11.4 Å². The van der Waals surface area contributed by atoms with E-state index in [1.807, 2.05) is 12.1 Å². The zero-order valence-corrected chi connectivity index (χ0v) is 13.7. The molecule has 1 aliphatic rings. The molecule has 8 nitrogen and oxygen atoms in total. The molecule has 4 rings (SSSR count). The van der Waals surface area contributed by atoms with Gasteiger partial charge in [0, 0.05) is 30.1 Å². The molecule has 1 fully saturated rings. The van der Waals surface area contributed by atoms with Gasteiger partial charge in [-0.2, -0.15) is 4.98 Å². The number of aromatic nitrogens is 6. The molecule has 0 atom stereocenters. The third-order valence-electron chi connectivity index (χ3n) is 4.01. The molecule has 9 heteroatoms. The van der Waals surface area contributed by atoms with Crippen LogP contribution in [0.15, 0.2) is 28.8 Å². The van der Waals surface area contributed by atoms with Crippen LogP contribution in [0.2, 0.25) is 5.02 Å². The second-order valence-corrected chi connectivity index (χ2v) is 6.10. The summed E-state index contributed by atoms with van der Waals surface area (Å²) >= 11 is 5.89. The number of hydrogen-bond donors (Lipinski definition) is 0. The first kappa shape index (κ1) is 15.1. The summed E-state index contributed by atoms with van der Waals surface area (Å²) in [4.78, 5) is 6.62. The van der Waals surface area contributed by atoms with Crippen LogP contribution < -0.4 is 4.90 Å². The number of nitrogens with zero attached hydrogens (tertiary/aromatic N) is 7. The number of halogens is 1. The smallest absolute Gasteiger partial charge is 0.245 e. The molecule has 1 aliphatic heterocycles. The molecular formula is C15H16ClN7O. The van der Waals surface area contributed by atoms with Crippen LogP contribution in [0, 0.1) is 0 Å². The minimum absolute atomic E-state index is 0.554. The molecule has 3 heterocycles. The Morgan fingerprint density at radius 3 is 2.71 bits per heavy atom. The van der Waals surface area contributed by atoms with Gasteiger partial charge in [0.05, 0.1) is 6.54 Å². The first-order valence-corrected chi connectivity index (χ1v) is 8.27. The van der Waals surface area contributed by atoms with Gasteiger partial charge in [0.1, 0.15) is 0 Å². The van der Waals surface area contributed by atoms with E-state index in [0.717, 1.165) is 24.6 Å². The Balaban J connectivity index is 1.44. The summed E-state index contributed by atoms with van der Waals surface area (Å²) in [7, 11) is 0. The van der Waals surface area contributed by atoms with E-state index in [1.54, 1.807) is 16.8 Å². The van der Waals surface area contributed by atoms with E-state index in [-0.39, 0.29) is 0 Å². The normalized spacial score (nSPS) is 14.5. The predicted octanol–water partition coefficient (Wildman–Crippen LogP) is 2.22. The molecule has 1 aromatic carbocycles. The number of benzene rings is 1. The summed E-state index contributed by atoms with van der Waals surface area (Å²) in [6.07, 6.45) is 2.94. The third-order valence-corrected chi connectivity index (χ3v) is 4.26. The summed E-state index contributed by atoms with van der Waals surface area (Å²) in [5.74, 6) is 1.92. The number of rotatable bonds is 5.